The first-order valence-electron chi connectivity index (χ1n) is 12.2. The molecule has 14 nitrogen and oxygen atoms in total. The molecule has 2 rings (SSSR count). The molecule has 0 saturated carbocycles. The predicted molar refractivity (Wildman–Crippen MR) is 132 cm³/mol. The van der Waals surface area contributed by atoms with Crippen LogP contribution in [0.1, 0.15) is 59.2 Å². The van der Waals surface area contributed by atoms with E-state index in [-0.39, 0.29) is 24.3 Å². The van der Waals surface area contributed by atoms with Gasteiger partial charge in [0.15, 0.2) is 0 Å². The highest BCUT2D eigenvalue weighted by Crippen LogP contribution is 2.13. The molecule has 0 spiro atoms. The Morgan fingerprint density at radius 1 is 0.500 bits per heavy atom. The van der Waals surface area contributed by atoms with Crippen LogP contribution >= 0.6 is 0 Å². The molecule has 0 saturated heterocycles. The first kappa shape index (κ1) is 31.7. The van der Waals surface area contributed by atoms with Crippen LogP contribution in [0.3, 0.4) is 0 Å². The normalized spacial score (nSPS) is 10.2. The Morgan fingerprint density at radius 2 is 0.850 bits per heavy atom. The minimum Gasteiger partial charge on any atom is -0.497 e. The molecule has 0 unspecified atom stereocenters. The predicted octanol–water partition coefficient (Wildman–Crippen LogP) is 5.06. The average Bonchev–Trinajstić information content (AvgIpc) is 2.98. The summed E-state index contributed by atoms with van der Waals surface area (Å²) in [5.74, 6) is -0.609. The van der Waals surface area contributed by atoms with E-state index in [1.807, 2.05) is 0 Å². The molecule has 0 aliphatic carbocycles. The van der Waals surface area contributed by atoms with E-state index in [2.05, 4.69) is 29.6 Å². The summed E-state index contributed by atoms with van der Waals surface area (Å²) < 4.78 is 19.6. The van der Waals surface area contributed by atoms with Gasteiger partial charge in [-0.1, -0.05) is 25.7 Å². The van der Waals surface area contributed by atoms with Crippen molar-refractivity contribution in [3.63, 3.8) is 0 Å². The molecule has 14 heteroatoms. The Bertz CT molecular complexity index is 967. The van der Waals surface area contributed by atoms with Gasteiger partial charge in [0.2, 0.25) is 0 Å². The lowest BCUT2D eigenvalue weighted by molar-refractivity contribution is -0.452. The maximum absolute atomic E-state index is 11.7. The van der Waals surface area contributed by atoms with E-state index in [4.69, 9.17) is 18.9 Å². The summed E-state index contributed by atoms with van der Waals surface area (Å²) in [7, 11) is 2.98. The van der Waals surface area contributed by atoms with Crippen LogP contribution < -0.4 is 9.47 Å². The topological polar surface area (TPSA) is 161 Å². The SMILES string of the molecule is COc1ccc(C(=O)OOOC(=O)OCCCCCCCCOC(=O)OOOC(=O)c2ccc(OC)cc2)cc1. The third-order valence-corrected chi connectivity index (χ3v) is 5.05. The fraction of sp³-hybridized carbons (Fsp3) is 0.385. The standard InChI is InChI=1S/C26H30O14/c1-31-21-13-9-19(10-14-21)23(27)35-39-37-25(29)33-17-7-5-3-4-6-8-18-34-26(30)38-40-36-24(28)20-11-15-22(32-2)16-12-20/h9-16H,3-8,17-18H2,1-2H3. The van der Waals surface area contributed by atoms with Gasteiger partial charge in [-0.3, -0.25) is 9.78 Å². The number of carbonyl (C=O) groups is 4. The van der Waals surface area contributed by atoms with Crippen LogP contribution in [-0.2, 0) is 39.1 Å². The first-order chi connectivity index (χ1) is 19.4. The minimum atomic E-state index is -1.15. The van der Waals surface area contributed by atoms with Gasteiger partial charge in [0.25, 0.3) is 0 Å². The van der Waals surface area contributed by atoms with Gasteiger partial charge in [0.1, 0.15) is 11.5 Å². The summed E-state index contributed by atoms with van der Waals surface area (Å²) >= 11 is 0. The van der Waals surface area contributed by atoms with Gasteiger partial charge in [0.05, 0.1) is 48.6 Å². The van der Waals surface area contributed by atoms with Crippen molar-refractivity contribution in [2.24, 2.45) is 0 Å². The van der Waals surface area contributed by atoms with Crippen LogP contribution in [0.4, 0.5) is 9.59 Å². The van der Waals surface area contributed by atoms with Crippen molar-refractivity contribution in [2.75, 3.05) is 27.4 Å². The van der Waals surface area contributed by atoms with Gasteiger partial charge in [-0.15, -0.1) is 0 Å². The van der Waals surface area contributed by atoms with Crippen LogP contribution in [0.25, 0.3) is 0 Å². The zero-order valence-electron chi connectivity index (χ0n) is 22.0. The Balaban J connectivity index is 1.38. The van der Waals surface area contributed by atoms with Crippen molar-refractivity contribution in [1.82, 2.24) is 0 Å². The van der Waals surface area contributed by atoms with E-state index in [0.717, 1.165) is 25.7 Å². The minimum absolute atomic E-state index is 0.0899. The second-order valence-corrected chi connectivity index (χ2v) is 7.82. The molecule has 0 radical (unpaired) electrons. The molecule has 0 fully saturated rings. The Hall–Kier alpha value is -4.56. The summed E-state index contributed by atoms with van der Waals surface area (Å²) in [4.78, 5) is 63.5. The molecule has 0 heterocycles. The Morgan fingerprint density at radius 3 is 1.20 bits per heavy atom. The zero-order chi connectivity index (χ0) is 29.0. The summed E-state index contributed by atoms with van der Waals surface area (Å²) in [5.41, 5.74) is 0.338. The van der Waals surface area contributed by atoms with Crippen LogP contribution in [0.5, 0.6) is 11.5 Å². The molecule has 0 amide bonds. The first-order valence-corrected chi connectivity index (χ1v) is 12.2. The maximum Gasteiger partial charge on any atom is 0.543 e. The van der Waals surface area contributed by atoms with Crippen molar-refractivity contribution in [1.29, 1.82) is 0 Å². The van der Waals surface area contributed by atoms with Gasteiger partial charge >= 0.3 is 24.2 Å². The van der Waals surface area contributed by atoms with Crippen LogP contribution in [0.2, 0.25) is 0 Å². The van der Waals surface area contributed by atoms with Crippen LogP contribution in [0.15, 0.2) is 48.5 Å². The highest BCUT2D eigenvalue weighted by molar-refractivity contribution is 5.89. The second kappa shape index (κ2) is 18.7. The number of hydrogen-bond donors (Lipinski definition) is 0. The number of carbonyl (C=O) groups excluding carboxylic acids is 4. The fourth-order valence-electron chi connectivity index (χ4n) is 2.97. The lowest BCUT2D eigenvalue weighted by Crippen LogP contribution is -2.12. The summed E-state index contributed by atoms with van der Waals surface area (Å²) in [6.07, 6.45) is 2.11. The smallest absolute Gasteiger partial charge is 0.497 e. The molecule has 2 aromatic rings. The van der Waals surface area contributed by atoms with Crippen molar-refractivity contribution in [3.05, 3.63) is 59.7 Å². The zero-order valence-corrected chi connectivity index (χ0v) is 22.0. The van der Waals surface area contributed by atoms with E-state index >= 15 is 0 Å². The lowest BCUT2D eigenvalue weighted by atomic mass is 10.1. The average molecular weight is 567 g/mol. The molecule has 0 atom stereocenters. The number of benzene rings is 2. The Kier molecular flexibility index (Phi) is 14.8. The highest BCUT2D eigenvalue weighted by Gasteiger charge is 2.13. The molecule has 218 valence electrons. The molecule has 2 aromatic carbocycles. The number of methoxy groups -OCH3 is 2. The largest absolute Gasteiger partial charge is 0.543 e. The maximum atomic E-state index is 11.7. The van der Waals surface area contributed by atoms with Crippen LogP contribution in [0, 0.1) is 0 Å². The molecular formula is C26H30O14. The highest BCUT2D eigenvalue weighted by atomic mass is 17.5. The van der Waals surface area contributed by atoms with Gasteiger partial charge < -0.3 is 18.9 Å². The second-order valence-electron chi connectivity index (χ2n) is 7.82. The van der Waals surface area contributed by atoms with E-state index < -0.39 is 24.2 Å². The quantitative estimate of drug-likeness (QED) is 0.108. The summed E-state index contributed by atoms with van der Waals surface area (Å²) in [6.45, 7) is 0.180. The van der Waals surface area contributed by atoms with Crippen molar-refractivity contribution >= 4 is 24.2 Å². The Labute approximate surface area is 229 Å². The number of rotatable bonds is 17. The molecule has 0 aliphatic rings. The van der Waals surface area contributed by atoms with E-state index in [0.29, 0.717) is 24.3 Å². The summed E-state index contributed by atoms with van der Waals surface area (Å²) in [6, 6.07) is 12.0. The number of ether oxygens (including phenoxy) is 4. The third kappa shape index (κ3) is 12.8. The molecule has 0 N–H and O–H groups in total. The molecular weight excluding hydrogens is 536 g/mol. The van der Waals surface area contributed by atoms with Gasteiger partial charge in [-0.25, -0.2) is 29.0 Å². The van der Waals surface area contributed by atoms with E-state index in [1.54, 1.807) is 24.3 Å². The monoisotopic (exact) mass is 566 g/mol. The molecule has 40 heavy (non-hydrogen) atoms. The van der Waals surface area contributed by atoms with Gasteiger partial charge in [-0.05, 0) is 61.4 Å². The van der Waals surface area contributed by atoms with E-state index in [9.17, 15) is 19.2 Å². The fourth-order valence-corrected chi connectivity index (χ4v) is 2.97. The van der Waals surface area contributed by atoms with Crippen molar-refractivity contribution in [3.8, 4) is 11.5 Å². The van der Waals surface area contributed by atoms with Gasteiger partial charge in [-0.2, -0.15) is 0 Å². The molecule has 0 bridgehead atoms. The number of unbranched alkanes of at least 4 members (excludes halogenated alkanes) is 5. The lowest BCUT2D eigenvalue weighted by Gasteiger charge is -2.06. The van der Waals surface area contributed by atoms with Crippen LogP contribution in [-0.4, -0.2) is 51.7 Å². The van der Waals surface area contributed by atoms with E-state index in [1.165, 1.54) is 38.5 Å². The number of hydrogen-bond acceptors (Lipinski definition) is 14. The van der Waals surface area contributed by atoms with Gasteiger partial charge in [0, 0.05) is 0 Å². The van der Waals surface area contributed by atoms with Crippen molar-refractivity contribution in [2.45, 2.75) is 38.5 Å². The third-order valence-electron chi connectivity index (χ3n) is 5.05. The molecule has 0 aliphatic heterocycles. The summed E-state index contributed by atoms with van der Waals surface area (Å²) in [5, 5.41) is 8.28. The van der Waals surface area contributed by atoms with Crippen molar-refractivity contribution < 1.29 is 67.8 Å². The molecule has 0 aromatic heterocycles.